The monoisotopic (exact) mass is 344 g/mol. The molecule has 0 aliphatic carbocycles. The third kappa shape index (κ3) is 3.21. The van der Waals surface area contributed by atoms with E-state index in [2.05, 4.69) is 5.32 Å². The Labute approximate surface area is 143 Å². The summed E-state index contributed by atoms with van der Waals surface area (Å²) in [6, 6.07) is 12.0. The highest BCUT2D eigenvalue weighted by Crippen LogP contribution is 2.38. The molecule has 0 saturated heterocycles. The molecule has 0 fully saturated rings. The normalized spacial score (nSPS) is 16.1. The molecular weight excluding hydrogens is 328 g/mol. The number of anilines is 1. The van der Waals surface area contributed by atoms with E-state index >= 15 is 0 Å². The number of non-ortho nitro benzene ring substituents is 1. The van der Waals surface area contributed by atoms with Gasteiger partial charge in [0.2, 0.25) is 5.91 Å². The van der Waals surface area contributed by atoms with Crippen LogP contribution in [0.25, 0.3) is 0 Å². The summed E-state index contributed by atoms with van der Waals surface area (Å²) in [7, 11) is 1.46. The van der Waals surface area contributed by atoms with Gasteiger partial charge in [-0.3, -0.25) is 14.9 Å². The predicted molar refractivity (Wildman–Crippen MR) is 93.6 cm³/mol. The number of nitro benzene ring substituents is 1. The molecule has 1 aliphatic heterocycles. The average Bonchev–Trinajstić information content (AvgIpc) is 2.61. The second-order valence-corrected chi connectivity index (χ2v) is 6.54. The summed E-state index contributed by atoms with van der Waals surface area (Å²) in [5.74, 6) is 1.05. The van der Waals surface area contributed by atoms with Gasteiger partial charge in [-0.2, -0.15) is 0 Å². The number of rotatable bonds is 4. The molecule has 0 bridgehead atoms. The SMILES string of the molecule is COc1ccc([N+](=O)[O-])cc1NC(=O)C1SCCc2ccccc21. The smallest absolute Gasteiger partial charge is 0.271 e. The van der Waals surface area contributed by atoms with Gasteiger partial charge in [0.1, 0.15) is 11.0 Å². The minimum absolute atomic E-state index is 0.0946. The zero-order valence-corrected chi connectivity index (χ0v) is 13.8. The zero-order chi connectivity index (χ0) is 17.1. The molecule has 7 heteroatoms. The molecule has 0 aromatic heterocycles. The number of carbonyl (C=O) groups excluding carboxylic acids is 1. The van der Waals surface area contributed by atoms with E-state index in [9.17, 15) is 14.9 Å². The summed E-state index contributed by atoms with van der Waals surface area (Å²) in [5.41, 5.74) is 2.38. The summed E-state index contributed by atoms with van der Waals surface area (Å²) >= 11 is 1.57. The number of ether oxygens (including phenoxy) is 1. The molecule has 1 amide bonds. The van der Waals surface area contributed by atoms with E-state index in [1.54, 1.807) is 11.8 Å². The number of nitro groups is 1. The molecule has 1 atom stereocenters. The standard InChI is InChI=1S/C17H16N2O4S/c1-23-15-7-6-12(19(21)22)10-14(15)18-17(20)16-13-5-3-2-4-11(13)8-9-24-16/h2-7,10,16H,8-9H2,1H3,(H,18,20). The highest BCUT2D eigenvalue weighted by molar-refractivity contribution is 8.00. The van der Waals surface area contributed by atoms with Gasteiger partial charge in [-0.15, -0.1) is 11.8 Å². The van der Waals surface area contributed by atoms with E-state index in [0.29, 0.717) is 11.4 Å². The van der Waals surface area contributed by atoms with Crippen molar-refractivity contribution in [3.8, 4) is 5.75 Å². The Balaban J connectivity index is 1.88. The van der Waals surface area contributed by atoms with Crippen LogP contribution in [-0.2, 0) is 11.2 Å². The molecule has 124 valence electrons. The second-order valence-electron chi connectivity index (χ2n) is 5.33. The predicted octanol–water partition coefficient (Wildman–Crippen LogP) is 3.57. The van der Waals surface area contributed by atoms with E-state index in [1.165, 1.54) is 30.9 Å². The largest absolute Gasteiger partial charge is 0.495 e. The maximum absolute atomic E-state index is 12.7. The first-order valence-corrected chi connectivity index (χ1v) is 8.47. The quantitative estimate of drug-likeness (QED) is 0.677. The van der Waals surface area contributed by atoms with Crippen molar-refractivity contribution in [2.45, 2.75) is 11.7 Å². The number of fused-ring (bicyclic) bond motifs is 1. The Morgan fingerprint density at radius 1 is 1.33 bits per heavy atom. The minimum atomic E-state index is -0.500. The molecule has 1 N–H and O–H groups in total. The Hall–Kier alpha value is -2.54. The Morgan fingerprint density at radius 2 is 2.12 bits per heavy atom. The highest BCUT2D eigenvalue weighted by Gasteiger charge is 2.27. The van der Waals surface area contributed by atoms with E-state index in [4.69, 9.17) is 4.74 Å². The summed E-state index contributed by atoms with van der Waals surface area (Å²) in [6.07, 6.45) is 0.935. The summed E-state index contributed by atoms with van der Waals surface area (Å²) in [4.78, 5) is 23.2. The molecule has 0 radical (unpaired) electrons. The van der Waals surface area contributed by atoms with Crippen molar-refractivity contribution in [3.63, 3.8) is 0 Å². The van der Waals surface area contributed by atoms with Crippen molar-refractivity contribution in [1.29, 1.82) is 0 Å². The number of hydrogen-bond donors (Lipinski definition) is 1. The van der Waals surface area contributed by atoms with Crippen LogP contribution in [0.3, 0.4) is 0 Å². The highest BCUT2D eigenvalue weighted by atomic mass is 32.2. The van der Waals surface area contributed by atoms with Gasteiger partial charge in [0.05, 0.1) is 17.7 Å². The lowest BCUT2D eigenvalue weighted by Gasteiger charge is -2.24. The summed E-state index contributed by atoms with van der Waals surface area (Å²) in [6.45, 7) is 0. The van der Waals surface area contributed by atoms with Crippen LogP contribution in [0.4, 0.5) is 11.4 Å². The Kier molecular flexibility index (Phi) is 4.71. The number of thioether (sulfide) groups is 1. The number of hydrogen-bond acceptors (Lipinski definition) is 5. The van der Waals surface area contributed by atoms with Gasteiger partial charge in [0.25, 0.3) is 5.69 Å². The van der Waals surface area contributed by atoms with Crippen LogP contribution in [-0.4, -0.2) is 23.7 Å². The topological polar surface area (TPSA) is 81.5 Å². The number of aryl methyl sites for hydroxylation is 1. The number of carbonyl (C=O) groups is 1. The fourth-order valence-electron chi connectivity index (χ4n) is 2.72. The molecule has 2 aromatic rings. The molecular formula is C17H16N2O4S. The fraction of sp³-hybridized carbons (Fsp3) is 0.235. The van der Waals surface area contributed by atoms with E-state index in [1.807, 2.05) is 24.3 Å². The maximum Gasteiger partial charge on any atom is 0.271 e. The van der Waals surface area contributed by atoms with E-state index in [0.717, 1.165) is 17.7 Å². The first kappa shape index (κ1) is 16.3. The van der Waals surface area contributed by atoms with Gasteiger partial charge in [-0.25, -0.2) is 0 Å². The number of benzene rings is 2. The van der Waals surface area contributed by atoms with Gasteiger partial charge in [-0.1, -0.05) is 24.3 Å². The summed E-state index contributed by atoms with van der Waals surface area (Å²) in [5, 5.41) is 13.4. The molecule has 2 aromatic carbocycles. The fourth-order valence-corrected chi connectivity index (χ4v) is 3.91. The molecule has 1 unspecified atom stereocenters. The van der Waals surface area contributed by atoms with Crippen molar-refractivity contribution in [3.05, 3.63) is 63.7 Å². The first-order chi connectivity index (χ1) is 11.6. The van der Waals surface area contributed by atoms with Crippen molar-refractivity contribution < 1.29 is 14.5 Å². The van der Waals surface area contributed by atoms with Gasteiger partial charge >= 0.3 is 0 Å². The van der Waals surface area contributed by atoms with Crippen LogP contribution in [0, 0.1) is 10.1 Å². The molecule has 6 nitrogen and oxygen atoms in total. The van der Waals surface area contributed by atoms with Crippen molar-refractivity contribution in [2.24, 2.45) is 0 Å². The number of nitrogens with one attached hydrogen (secondary N) is 1. The maximum atomic E-state index is 12.7. The number of nitrogens with zero attached hydrogens (tertiary/aromatic N) is 1. The van der Waals surface area contributed by atoms with Crippen molar-refractivity contribution >= 4 is 29.0 Å². The second kappa shape index (κ2) is 6.92. The van der Waals surface area contributed by atoms with Crippen LogP contribution in [0.1, 0.15) is 16.4 Å². The third-order valence-electron chi connectivity index (χ3n) is 3.88. The molecule has 3 rings (SSSR count). The third-order valence-corrected chi connectivity index (χ3v) is 5.12. The van der Waals surface area contributed by atoms with Crippen LogP contribution in [0.2, 0.25) is 0 Å². The lowest BCUT2D eigenvalue weighted by molar-refractivity contribution is -0.384. The van der Waals surface area contributed by atoms with Gasteiger partial charge in [0, 0.05) is 12.1 Å². The lowest BCUT2D eigenvalue weighted by atomic mass is 10.0. The lowest BCUT2D eigenvalue weighted by Crippen LogP contribution is -2.23. The summed E-state index contributed by atoms with van der Waals surface area (Å²) < 4.78 is 5.19. The van der Waals surface area contributed by atoms with E-state index in [-0.39, 0.29) is 16.8 Å². The van der Waals surface area contributed by atoms with Crippen LogP contribution < -0.4 is 10.1 Å². The van der Waals surface area contributed by atoms with Crippen LogP contribution >= 0.6 is 11.8 Å². The van der Waals surface area contributed by atoms with Crippen molar-refractivity contribution in [2.75, 3.05) is 18.2 Å². The molecule has 1 heterocycles. The van der Waals surface area contributed by atoms with Crippen molar-refractivity contribution in [1.82, 2.24) is 0 Å². The molecule has 0 spiro atoms. The molecule has 24 heavy (non-hydrogen) atoms. The average molecular weight is 344 g/mol. The Bertz CT molecular complexity index is 794. The minimum Gasteiger partial charge on any atom is -0.495 e. The van der Waals surface area contributed by atoms with E-state index < -0.39 is 4.92 Å². The number of amides is 1. The first-order valence-electron chi connectivity index (χ1n) is 7.43. The van der Waals surface area contributed by atoms with Crippen LogP contribution in [0.5, 0.6) is 5.75 Å². The zero-order valence-electron chi connectivity index (χ0n) is 13.0. The van der Waals surface area contributed by atoms with Gasteiger partial charge < -0.3 is 10.1 Å². The van der Waals surface area contributed by atoms with Gasteiger partial charge in [-0.05, 0) is 29.4 Å². The molecule has 1 aliphatic rings. The Morgan fingerprint density at radius 3 is 2.88 bits per heavy atom. The van der Waals surface area contributed by atoms with Crippen LogP contribution in [0.15, 0.2) is 42.5 Å². The molecule has 0 saturated carbocycles. The van der Waals surface area contributed by atoms with Gasteiger partial charge in [0.15, 0.2) is 0 Å². The number of methoxy groups -OCH3 is 1.